The average Bonchev–Trinajstić information content (AvgIpc) is 2.28. The minimum atomic E-state index is -0.214. The molecule has 0 aliphatic heterocycles. The van der Waals surface area contributed by atoms with Crippen LogP contribution < -0.4 is 5.32 Å². The van der Waals surface area contributed by atoms with E-state index in [1.165, 1.54) is 0 Å². The molecule has 0 unspecified atom stereocenters. The molecule has 1 amide bonds. The second-order valence-corrected chi connectivity index (χ2v) is 6.21. The molecule has 5 heteroatoms. The number of hydrogen-bond donors (Lipinski definition) is 1. The predicted molar refractivity (Wildman–Crippen MR) is 78.1 cm³/mol. The van der Waals surface area contributed by atoms with E-state index in [9.17, 15) is 4.79 Å². The molecule has 0 saturated carbocycles. The molecule has 0 fully saturated rings. The van der Waals surface area contributed by atoms with Gasteiger partial charge in [0, 0.05) is 18.3 Å². The van der Waals surface area contributed by atoms with Crippen LogP contribution in [0.15, 0.2) is 18.3 Å². The molecular formula is C14H22ClN3O. The highest BCUT2D eigenvalue weighted by Crippen LogP contribution is 2.10. The molecule has 1 aromatic heterocycles. The summed E-state index contributed by atoms with van der Waals surface area (Å²) < 4.78 is 0. The Morgan fingerprint density at radius 3 is 2.58 bits per heavy atom. The van der Waals surface area contributed by atoms with Gasteiger partial charge in [-0.25, -0.2) is 4.98 Å². The zero-order valence-corrected chi connectivity index (χ0v) is 13.0. The molecular weight excluding hydrogens is 262 g/mol. The third-order valence-corrected chi connectivity index (χ3v) is 2.98. The third-order valence-electron chi connectivity index (χ3n) is 2.76. The van der Waals surface area contributed by atoms with Crippen molar-refractivity contribution < 1.29 is 4.79 Å². The minimum absolute atomic E-state index is 0.0249. The summed E-state index contributed by atoms with van der Waals surface area (Å²) in [6, 6.07) is 3.47. The van der Waals surface area contributed by atoms with Gasteiger partial charge >= 0.3 is 0 Å². The first-order chi connectivity index (χ1) is 8.69. The van der Waals surface area contributed by atoms with Gasteiger partial charge in [-0.1, -0.05) is 17.7 Å². The number of pyridine rings is 1. The van der Waals surface area contributed by atoms with E-state index in [1.54, 1.807) is 12.3 Å². The largest absolute Gasteiger partial charge is 0.350 e. The standard InChI is InChI=1S/C14H22ClN3O/c1-10(13(19)17-14(2,3)4)18(5)9-11-6-7-12(15)16-8-11/h6-8,10H,9H2,1-5H3,(H,17,19)/t10-/m0/s1. The van der Waals surface area contributed by atoms with Gasteiger partial charge in [0.2, 0.25) is 5.91 Å². The maximum absolute atomic E-state index is 12.1. The highest BCUT2D eigenvalue weighted by molar-refractivity contribution is 6.29. The quantitative estimate of drug-likeness (QED) is 0.864. The number of nitrogens with zero attached hydrogens (tertiary/aromatic N) is 2. The molecule has 1 atom stereocenters. The van der Waals surface area contributed by atoms with Crippen molar-refractivity contribution in [3.63, 3.8) is 0 Å². The maximum atomic E-state index is 12.1. The van der Waals surface area contributed by atoms with E-state index in [0.717, 1.165) is 5.56 Å². The maximum Gasteiger partial charge on any atom is 0.237 e. The summed E-state index contributed by atoms with van der Waals surface area (Å²) in [4.78, 5) is 18.1. The Kier molecular flexibility index (Phi) is 5.32. The van der Waals surface area contributed by atoms with Crippen LogP contribution in [0.5, 0.6) is 0 Å². The fourth-order valence-electron chi connectivity index (χ4n) is 1.60. The number of hydrogen-bond acceptors (Lipinski definition) is 3. The average molecular weight is 284 g/mol. The van der Waals surface area contributed by atoms with Crippen molar-refractivity contribution >= 4 is 17.5 Å². The van der Waals surface area contributed by atoms with Crippen LogP contribution in [-0.2, 0) is 11.3 Å². The highest BCUT2D eigenvalue weighted by atomic mass is 35.5. The highest BCUT2D eigenvalue weighted by Gasteiger charge is 2.22. The molecule has 0 aromatic carbocycles. The zero-order chi connectivity index (χ0) is 14.6. The Labute approximate surface area is 120 Å². The number of carbonyl (C=O) groups is 1. The van der Waals surface area contributed by atoms with Crippen LogP contribution in [0.1, 0.15) is 33.3 Å². The molecule has 0 aliphatic carbocycles. The van der Waals surface area contributed by atoms with Crippen molar-refractivity contribution in [2.45, 2.75) is 45.8 Å². The van der Waals surface area contributed by atoms with Crippen molar-refractivity contribution in [1.29, 1.82) is 0 Å². The third kappa shape index (κ3) is 5.57. The fraction of sp³-hybridized carbons (Fsp3) is 0.571. The van der Waals surface area contributed by atoms with Gasteiger partial charge in [-0.3, -0.25) is 9.69 Å². The van der Waals surface area contributed by atoms with E-state index in [4.69, 9.17) is 11.6 Å². The summed E-state index contributed by atoms with van der Waals surface area (Å²) in [7, 11) is 1.92. The lowest BCUT2D eigenvalue weighted by Gasteiger charge is -2.28. The first-order valence-corrected chi connectivity index (χ1v) is 6.69. The number of rotatable bonds is 4. The normalized spacial score (nSPS) is 13.4. The molecule has 106 valence electrons. The molecule has 1 heterocycles. The first kappa shape index (κ1) is 15.9. The molecule has 1 N–H and O–H groups in total. The Hall–Kier alpha value is -1.13. The molecule has 1 rings (SSSR count). The van der Waals surface area contributed by atoms with E-state index < -0.39 is 0 Å². The minimum Gasteiger partial charge on any atom is -0.350 e. The molecule has 0 spiro atoms. The zero-order valence-electron chi connectivity index (χ0n) is 12.2. The Bertz CT molecular complexity index is 425. The molecule has 1 aromatic rings. The van der Waals surface area contributed by atoms with Gasteiger partial charge in [-0.15, -0.1) is 0 Å². The molecule has 4 nitrogen and oxygen atoms in total. The van der Waals surface area contributed by atoms with Crippen LogP contribution in [0, 0.1) is 0 Å². The smallest absolute Gasteiger partial charge is 0.237 e. The fourth-order valence-corrected chi connectivity index (χ4v) is 1.71. The lowest BCUT2D eigenvalue weighted by molar-refractivity contribution is -0.127. The number of amides is 1. The summed E-state index contributed by atoms with van der Waals surface area (Å²) in [5, 5.41) is 3.45. The van der Waals surface area contributed by atoms with Crippen molar-refractivity contribution in [2.75, 3.05) is 7.05 Å². The summed E-state index contributed by atoms with van der Waals surface area (Å²) in [5.74, 6) is 0.0249. The molecule has 0 aliphatic rings. The number of carbonyl (C=O) groups excluding carboxylic acids is 1. The van der Waals surface area contributed by atoms with Crippen LogP contribution in [0.4, 0.5) is 0 Å². The summed E-state index contributed by atoms with van der Waals surface area (Å²) in [5.41, 5.74) is 0.816. The first-order valence-electron chi connectivity index (χ1n) is 6.32. The Balaban J connectivity index is 2.59. The SMILES string of the molecule is C[C@@H](C(=O)NC(C)(C)C)N(C)Cc1ccc(Cl)nc1. The van der Waals surface area contributed by atoms with Gasteiger partial charge in [0.25, 0.3) is 0 Å². The molecule has 19 heavy (non-hydrogen) atoms. The lowest BCUT2D eigenvalue weighted by Crippen LogP contribution is -2.49. The number of likely N-dealkylation sites (N-methyl/N-ethyl adjacent to an activating group) is 1. The number of halogens is 1. The van der Waals surface area contributed by atoms with E-state index in [-0.39, 0.29) is 17.5 Å². The second kappa shape index (κ2) is 6.35. The van der Waals surface area contributed by atoms with Crippen molar-refractivity contribution in [3.05, 3.63) is 29.0 Å². The van der Waals surface area contributed by atoms with Gasteiger partial charge in [0.05, 0.1) is 6.04 Å². The van der Waals surface area contributed by atoms with Gasteiger partial charge in [0.15, 0.2) is 0 Å². The summed E-state index contributed by atoms with van der Waals surface area (Å²) in [6.45, 7) is 8.47. The predicted octanol–water partition coefficient (Wildman–Crippen LogP) is 2.47. The Morgan fingerprint density at radius 1 is 1.47 bits per heavy atom. The monoisotopic (exact) mass is 283 g/mol. The van der Waals surface area contributed by atoms with Gasteiger partial charge in [-0.05, 0) is 46.4 Å². The topological polar surface area (TPSA) is 45.2 Å². The van der Waals surface area contributed by atoms with Gasteiger partial charge < -0.3 is 5.32 Å². The number of aromatic nitrogens is 1. The van der Waals surface area contributed by atoms with Crippen LogP contribution >= 0.6 is 11.6 Å². The molecule has 0 bridgehead atoms. The van der Waals surface area contributed by atoms with E-state index in [1.807, 2.05) is 45.7 Å². The molecule has 0 radical (unpaired) electrons. The van der Waals surface area contributed by atoms with Crippen LogP contribution in [0.25, 0.3) is 0 Å². The van der Waals surface area contributed by atoms with Crippen LogP contribution in [0.2, 0.25) is 5.15 Å². The Morgan fingerprint density at radius 2 is 2.11 bits per heavy atom. The second-order valence-electron chi connectivity index (χ2n) is 5.82. The van der Waals surface area contributed by atoms with E-state index >= 15 is 0 Å². The van der Waals surface area contributed by atoms with Crippen molar-refractivity contribution in [3.8, 4) is 0 Å². The van der Waals surface area contributed by atoms with E-state index in [2.05, 4.69) is 10.3 Å². The summed E-state index contributed by atoms with van der Waals surface area (Å²) >= 11 is 5.75. The molecule has 0 saturated heterocycles. The van der Waals surface area contributed by atoms with Crippen molar-refractivity contribution in [1.82, 2.24) is 15.2 Å². The lowest BCUT2D eigenvalue weighted by atomic mass is 10.1. The van der Waals surface area contributed by atoms with E-state index in [0.29, 0.717) is 11.7 Å². The van der Waals surface area contributed by atoms with Crippen LogP contribution in [0.3, 0.4) is 0 Å². The summed E-state index contributed by atoms with van der Waals surface area (Å²) in [6.07, 6.45) is 1.73. The van der Waals surface area contributed by atoms with Gasteiger partial charge in [0.1, 0.15) is 5.15 Å². The number of nitrogens with one attached hydrogen (secondary N) is 1. The van der Waals surface area contributed by atoms with Crippen LogP contribution in [-0.4, -0.2) is 34.4 Å². The van der Waals surface area contributed by atoms with Gasteiger partial charge in [-0.2, -0.15) is 0 Å². The van der Waals surface area contributed by atoms with Crippen molar-refractivity contribution in [2.24, 2.45) is 0 Å².